The van der Waals surface area contributed by atoms with Crippen LogP contribution in [0.1, 0.15) is 42.7 Å². The summed E-state index contributed by atoms with van der Waals surface area (Å²) >= 11 is 0. The third-order valence-corrected chi connectivity index (χ3v) is 6.09. The first kappa shape index (κ1) is 26.1. The Kier molecular flexibility index (Phi) is 6.93. The molecule has 0 spiro atoms. The summed E-state index contributed by atoms with van der Waals surface area (Å²) in [5, 5.41) is 14.0. The standard InChI is InChI=1S/C22H22F5N3O5/c1-4-34-17-12(5-6-13(23)16(17)24)15-10(2)21(3,22(25,26)27)35-18(15)20(32)29-11-7-8-30(33)14(9-11)19(28)31/h5-10,15,18H,4H2,1-3H3,(H2,28,31)(H,29,32)/t10-,15-,18-,21-/m1/s1. The lowest BCUT2D eigenvalue weighted by Gasteiger charge is -2.32. The van der Waals surface area contributed by atoms with Crippen LogP contribution in [0.5, 0.6) is 5.75 Å². The molecule has 2 aromatic rings. The summed E-state index contributed by atoms with van der Waals surface area (Å²) in [4.78, 5) is 24.5. The molecule has 0 radical (unpaired) electrons. The number of primary amides is 1. The number of nitrogens with zero attached hydrogens (tertiary/aromatic N) is 1. The van der Waals surface area contributed by atoms with Crippen LogP contribution in [0.2, 0.25) is 0 Å². The minimum Gasteiger partial charge on any atom is -0.618 e. The van der Waals surface area contributed by atoms with Gasteiger partial charge in [-0.15, -0.1) is 0 Å². The van der Waals surface area contributed by atoms with E-state index in [1.807, 2.05) is 0 Å². The van der Waals surface area contributed by atoms with Crippen LogP contribution < -0.4 is 20.5 Å². The molecule has 1 aromatic heterocycles. The van der Waals surface area contributed by atoms with Gasteiger partial charge in [-0.25, -0.2) is 4.39 Å². The lowest BCUT2D eigenvalue weighted by Crippen LogP contribution is -2.47. The second-order valence-electron chi connectivity index (χ2n) is 8.15. The number of pyridine rings is 1. The van der Waals surface area contributed by atoms with Gasteiger partial charge in [0.15, 0.2) is 23.4 Å². The molecule has 190 valence electrons. The van der Waals surface area contributed by atoms with Gasteiger partial charge < -0.3 is 25.7 Å². The molecule has 2 heterocycles. The Morgan fingerprint density at radius 2 is 1.94 bits per heavy atom. The summed E-state index contributed by atoms with van der Waals surface area (Å²) in [5.74, 6) is -8.36. The van der Waals surface area contributed by atoms with Gasteiger partial charge in [0.2, 0.25) is 5.82 Å². The van der Waals surface area contributed by atoms with Crippen molar-refractivity contribution in [1.82, 2.24) is 0 Å². The number of alkyl halides is 3. The third kappa shape index (κ3) is 4.59. The summed E-state index contributed by atoms with van der Waals surface area (Å²) in [7, 11) is 0. The minimum absolute atomic E-state index is 0.123. The van der Waals surface area contributed by atoms with Crippen molar-refractivity contribution in [1.29, 1.82) is 0 Å². The predicted octanol–water partition coefficient (Wildman–Crippen LogP) is 3.17. The Bertz CT molecular complexity index is 1160. The van der Waals surface area contributed by atoms with Crippen molar-refractivity contribution in [2.24, 2.45) is 11.7 Å². The molecule has 3 rings (SSSR count). The number of carbonyl (C=O) groups is 2. The quantitative estimate of drug-likeness (QED) is 0.357. The first-order valence-corrected chi connectivity index (χ1v) is 10.4. The summed E-state index contributed by atoms with van der Waals surface area (Å²) in [6, 6.07) is 3.80. The molecule has 2 amide bonds. The zero-order valence-electron chi connectivity index (χ0n) is 18.8. The Morgan fingerprint density at radius 3 is 2.51 bits per heavy atom. The van der Waals surface area contributed by atoms with E-state index in [9.17, 15) is 36.7 Å². The van der Waals surface area contributed by atoms with Crippen molar-refractivity contribution >= 4 is 17.5 Å². The van der Waals surface area contributed by atoms with Gasteiger partial charge in [-0.1, -0.05) is 13.0 Å². The van der Waals surface area contributed by atoms with Gasteiger partial charge in [0.1, 0.15) is 6.10 Å². The Morgan fingerprint density at radius 1 is 1.29 bits per heavy atom. The van der Waals surface area contributed by atoms with E-state index in [-0.39, 0.29) is 22.6 Å². The van der Waals surface area contributed by atoms with Gasteiger partial charge in [-0.05, 0) is 19.9 Å². The van der Waals surface area contributed by atoms with Gasteiger partial charge in [-0.2, -0.15) is 22.3 Å². The summed E-state index contributed by atoms with van der Waals surface area (Å²) < 4.78 is 81.1. The maximum Gasteiger partial charge on any atom is 0.417 e. The second kappa shape index (κ2) is 9.29. The topological polar surface area (TPSA) is 118 Å². The first-order chi connectivity index (χ1) is 16.2. The van der Waals surface area contributed by atoms with E-state index < -0.39 is 64.6 Å². The number of benzene rings is 1. The first-order valence-electron chi connectivity index (χ1n) is 10.4. The number of aromatic nitrogens is 1. The number of amides is 2. The molecule has 1 aromatic carbocycles. The average molecular weight is 503 g/mol. The largest absolute Gasteiger partial charge is 0.618 e. The van der Waals surface area contributed by atoms with Crippen molar-refractivity contribution in [2.75, 3.05) is 11.9 Å². The van der Waals surface area contributed by atoms with E-state index in [1.54, 1.807) is 0 Å². The zero-order valence-corrected chi connectivity index (χ0v) is 18.8. The number of anilines is 1. The highest BCUT2D eigenvalue weighted by molar-refractivity contribution is 5.97. The molecule has 1 aliphatic rings. The van der Waals surface area contributed by atoms with Crippen LogP contribution in [0.3, 0.4) is 0 Å². The molecule has 0 unspecified atom stereocenters. The number of rotatable bonds is 6. The summed E-state index contributed by atoms with van der Waals surface area (Å²) in [5.41, 5.74) is 1.44. The Labute approximate surface area is 196 Å². The van der Waals surface area contributed by atoms with Crippen LogP contribution in [0, 0.1) is 22.8 Å². The highest BCUT2D eigenvalue weighted by Gasteiger charge is 2.66. The molecule has 4 atom stereocenters. The van der Waals surface area contributed by atoms with Crippen molar-refractivity contribution in [3.63, 3.8) is 0 Å². The van der Waals surface area contributed by atoms with Crippen LogP contribution in [-0.2, 0) is 9.53 Å². The minimum atomic E-state index is -4.93. The number of ether oxygens (including phenoxy) is 2. The Hall–Kier alpha value is -3.48. The van der Waals surface area contributed by atoms with Gasteiger partial charge in [0.25, 0.3) is 11.6 Å². The van der Waals surface area contributed by atoms with Crippen LogP contribution in [0.15, 0.2) is 30.5 Å². The normalized spacial score (nSPS) is 24.3. The van der Waals surface area contributed by atoms with Crippen LogP contribution in [0.4, 0.5) is 27.6 Å². The fourth-order valence-corrected chi connectivity index (χ4v) is 4.08. The molecular weight excluding hydrogens is 481 g/mol. The summed E-state index contributed by atoms with van der Waals surface area (Å²) in [6.07, 6.45) is -5.89. The molecule has 13 heteroatoms. The van der Waals surface area contributed by atoms with Gasteiger partial charge in [0.05, 0.1) is 12.3 Å². The van der Waals surface area contributed by atoms with Gasteiger partial charge in [0, 0.05) is 29.5 Å². The van der Waals surface area contributed by atoms with Crippen molar-refractivity contribution < 1.29 is 45.7 Å². The van der Waals surface area contributed by atoms with E-state index in [0.717, 1.165) is 37.4 Å². The molecule has 1 fully saturated rings. The number of halogens is 5. The van der Waals surface area contributed by atoms with Crippen molar-refractivity contribution in [3.05, 3.63) is 58.6 Å². The molecule has 1 saturated heterocycles. The predicted molar refractivity (Wildman–Crippen MR) is 111 cm³/mol. The van der Waals surface area contributed by atoms with Crippen molar-refractivity contribution in [3.8, 4) is 5.75 Å². The summed E-state index contributed by atoms with van der Waals surface area (Å²) in [6.45, 7) is 3.28. The number of nitrogens with two attached hydrogens (primary N) is 1. The van der Waals surface area contributed by atoms with E-state index in [4.69, 9.17) is 15.2 Å². The highest BCUT2D eigenvalue weighted by Crippen LogP contribution is 2.55. The molecule has 35 heavy (non-hydrogen) atoms. The molecule has 0 saturated carbocycles. The molecule has 0 bridgehead atoms. The number of hydrogen-bond donors (Lipinski definition) is 2. The highest BCUT2D eigenvalue weighted by atomic mass is 19.4. The number of hydrogen-bond acceptors (Lipinski definition) is 5. The molecule has 0 aliphatic carbocycles. The molecule has 8 nitrogen and oxygen atoms in total. The average Bonchev–Trinajstić information content (AvgIpc) is 3.05. The maximum absolute atomic E-state index is 14.5. The smallest absolute Gasteiger partial charge is 0.417 e. The third-order valence-electron chi connectivity index (χ3n) is 6.09. The lowest BCUT2D eigenvalue weighted by atomic mass is 9.77. The van der Waals surface area contributed by atoms with Crippen LogP contribution >= 0.6 is 0 Å². The van der Waals surface area contributed by atoms with Gasteiger partial charge >= 0.3 is 12.1 Å². The van der Waals surface area contributed by atoms with E-state index in [0.29, 0.717) is 0 Å². The second-order valence-corrected chi connectivity index (χ2v) is 8.15. The lowest BCUT2D eigenvalue weighted by molar-refractivity contribution is -0.607. The van der Waals surface area contributed by atoms with Gasteiger partial charge in [-0.3, -0.25) is 9.59 Å². The fourth-order valence-electron chi connectivity index (χ4n) is 4.08. The fraction of sp³-hybridized carbons (Fsp3) is 0.409. The Balaban J connectivity index is 2.09. The van der Waals surface area contributed by atoms with Crippen LogP contribution in [-0.4, -0.2) is 36.3 Å². The van der Waals surface area contributed by atoms with Crippen molar-refractivity contribution in [2.45, 2.75) is 44.6 Å². The number of carbonyl (C=O) groups excluding carboxylic acids is 2. The maximum atomic E-state index is 14.5. The van der Waals surface area contributed by atoms with E-state index >= 15 is 0 Å². The van der Waals surface area contributed by atoms with E-state index in [2.05, 4.69) is 5.32 Å². The monoisotopic (exact) mass is 503 g/mol. The number of nitrogens with one attached hydrogen (secondary N) is 1. The van der Waals surface area contributed by atoms with E-state index in [1.165, 1.54) is 13.8 Å². The van der Waals surface area contributed by atoms with Crippen LogP contribution in [0.25, 0.3) is 0 Å². The molecular formula is C22H22F5N3O5. The SMILES string of the molecule is CCOc1c([C@H]2[C@@H](C)[C@](C)(C(F)(F)F)O[C@H]2C(=O)Nc2cc[n+]([O-])c(C(N)=O)c2)ccc(F)c1F. The molecule has 3 N–H and O–H groups in total. The zero-order chi connectivity index (χ0) is 26.3. The molecule has 1 aliphatic heterocycles.